The fourth-order valence-corrected chi connectivity index (χ4v) is 1.66. The maximum atomic E-state index is 12.1. The van der Waals surface area contributed by atoms with Crippen molar-refractivity contribution in [3.63, 3.8) is 0 Å². The van der Waals surface area contributed by atoms with Crippen LogP contribution in [0.3, 0.4) is 0 Å². The van der Waals surface area contributed by atoms with Crippen molar-refractivity contribution in [2.24, 2.45) is 0 Å². The Bertz CT molecular complexity index is 467. The highest BCUT2D eigenvalue weighted by Crippen LogP contribution is 2.31. The van der Waals surface area contributed by atoms with Crippen LogP contribution in [0.1, 0.15) is 63.9 Å². The van der Waals surface area contributed by atoms with Gasteiger partial charge in [-0.2, -0.15) is 0 Å². The highest BCUT2D eigenvalue weighted by Gasteiger charge is 2.24. The second-order valence-electron chi connectivity index (χ2n) is 6.47. The van der Waals surface area contributed by atoms with Gasteiger partial charge < -0.3 is 9.84 Å². The summed E-state index contributed by atoms with van der Waals surface area (Å²) >= 11 is 0. The molecule has 106 valence electrons. The van der Waals surface area contributed by atoms with Crippen molar-refractivity contribution >= 4 is 5.97 Å². The normalized spacial score (nSPS) is 12.3. The van der Waals surface area contributed by atoms with E-state index in [1.54, 1.807) is 12.1 Å². The molecule has 19 heavy (non-hydrogen) atoms. The zero-order valence-electron chi connectivity index (χ0n) is 12.7. The molecule has 0 heterocycles. The molecule has 0 fully saturated rings. The van der Waals surface area contributed by atoms with Crippen LogP contribution in [-0.2, 0) is 10.2 Å². The molecule has 0 radical (unpaired) electrons. The lowest BCUT2D eigenvalue weighted by molar-refractivity contribution is 0.00666. The van der Waals surface area contributed by atoms with Crippen LogP contribution >= 0.6 is 0 Å². The number of rotatable bonds is 3. The molecule has 1 N–H and O–H groups in total. The van der Waals surface area contributed by atoms with E-state index < -0.39 is 11.6 Å². The van der Waals surface area contributed by atoms with Crippen molar-refractivity contribution in [2.75, 3.05) is 0 Å². The van der Waals surface area contributed by atoms with Gasteiger partial charge in [0.2, 0.25) is 0 Å². The standard InChI is InChI=1S/C16H24O3/c1-7-16(5,6)11-8-9-13(17)12(10-11)14(18)19-15(2,3)4/h8-10,17H,7H2,1-6H3. The third-order valence-corrected chi connectivity index (χ3v) is 3.28. The van der Waals surface area contributed by atoms with Crippen molar-refractivity contribution < 1.29 is 14.6 Å². The highest BCUT2D eigenvalue weighted by molar-refractivity contribution is 5.92. The van der Waals surface area contributed by atoms with Gasteiger partial charge in [-0.25, -0.2) is 4.79 Å². The summed E-state index contributed by atoms with van der Waals surface area (Å²) < 4.78 is 5.31. The Morgan fingerprint density at radius 1 is 1.21 bits per heavy atom. The Morgan fingerprint density at radius 2 is 1.79 bits per heavy atom. The first kappa shape index (κ1) is 15.5. The molecule has 0 bridgehead atoms. The SMILES string of the molecule is CCC(C)(C)c1ccc(O)c(C(=O)OC(C)(C)C)c1. The maximum absolute atomic E-state index is 12.1. The van der Waals surface area contributed by atoms with Gasteiger partial charge in [-0.15, -0.1) is 0 Å². The van der Waals surface area contributed by atoms with E-state index in [1.165, 1.54) is 0 Å². The molecule has 0 aliphatic carbocycles. The Morgan fingerprint density at radius 3 is 2.26 bits per heavy atom. The lowest BCUT2D eigenvalue weighted by atomic mass is 9.81. The van der Waals surface area contributed by atoms with E-state index in [4.69, 9.17) is 4.74 Å². The molecule has 0 saturated heterocycles. The van der Waals surface area contributed by atoms with Crippen LogP contribution in [0.4, 0.5) is 0 Å². The van der Waals surface area contributed by atoms with Gasteiger partial charge in [-0.1, -0.05) is 26.8 Å². The second kappa shape index (κ2) is 5.24. The van der Waals surface area contributed by atoms with Gasteiger partial charge in [0.25, 0.3) is 0 Å². The van der Waals surface area contributed by atoms with Crippen molar-refractivity contribution in [2.45, 2.75) is 59.0 Å². The van der Waals surface area contributed by atoms with Gasteiger partial charge >= 0.3 is 5.97 Å². The van der Waals surface area contributed by atoms with Crippen LogP contribution in [0, 0.1) is 0 Å². The van der Waals surface area contributed by atoms with Gasteiger partial charge in [0.05, 0.1) is 0 Å². The topological polar surface area (TPSA) is 46.5 Å². The summed E-state index contributed by atoms with van der Waals surface area (Å²) in [5.41, 5.74) is 0.646. The number of carbonyl (C=O) groups excluding carboxylic acids is 1. The third-order valence-electron chi connectivity index (χ3n) is 3.28. The smallest absolute Gasteiger partial charge is 0.342 e. The minimum Gasteiger partial charge on any atom is -0.507 e. The van der Waals surface area contributed by atoms with Crippen molar-refractivity contribution in [3.8, 4) is 5.75 Å². The zero-order valence-corrected chi connectivity index (χ0v) is 12.7. The number of benzene rings is 1. The van der Waals surface area contributed by atoms with Crippen molar-refractivity contribution in [3.05, 3.63) is 29.3 Å². The van der Waals surface area contributed by atoms with E-state index in [-0.39, 0.29) is 16.7 Å². The molecule has 1 aromatic carbocycles. The Balaban J connectivity index is 3.15. The Hall–Kier alpha value is -1.51. The molecule has 0 unspecified atom stereocenters. The number of phenols is 1. The zero-order chi connectivity index (χ0) is 14.8. The summed E-state index contributed by atoms with van der Waals surface area (Å²) in [6, 6.07) is 5.14. The molecule has 3 nitrogen and oxygen atoms in total. The summed E-state index contributed by atoms with van der Waals surface area (Å²) in [4.78, 5) is 12.1. The number of phenolic OH excluding ortho intramolecular Hbond substituents is 1. The van der Waals surface area contributed by atoms with Crippen molar-refractivity contribution in [1.29, 1.82) is 0 Å². The van der Waals surface area contributed by atoms with E-state index in [9.17, 15) is 9.90 Å². The monoisotopic (exact) mass is 264 g/mol. The molecular formula is C16H24O3. The van der Waals surface area contributed by atoms with E-state index in [1.807, 2.05) is 26.8 Å². The number of ether oxygens (including phenoxy) is 1. The van der Waals surface area contributed by atoms with E-state index >= 15 is 0 Å². The van der Waals surface area contributed by atoms with Gasteiger partial charge in [0.15, 0.2) is 0 Å². The molecule has 0 aliphatic rings. The number of hydrogen-bond acceptors (Lipinski definition) is 3. The number of aromatic hydroxyl groups is 1. The van der Waals surface area contributed by atoms with Gasteiger partial charge in [0, 0.05) is 0 Å². The second-order valence-corrected chi connectivity index (χ2v) is 6.47. The first-order valence-electron chi connectivity index (χ1n) is 6.63. The van der Waals surface area contributed by atoms with Crippen LogP contribution in [0.15, 0.2) is 18.2 Å². The minimum absolute atomic E-state index is 0.0371. The molecule has 0 atom stereocenters. The summed E-state index contributed by atoms with van der Waals surface area (Å²) in [7, 11) is 0. The average molecular weight is 264 g/mol. The summed E-state index contributed by atoms with van der Waals surface area (Å²) in [6.07, 6.45) is 0.950. The predicted octanol–water partition coefficient (Wildman–Crippen LogP) is 4.04. The molecule has 1 aromatic rings. The van der Waals surface area contributed by atoms with Gasteiger partial charge in [-0.05, 0) is 50.3 Å². The van der Waals surface area contributed by atoms with Gasteiger partial charge in [0.1, 0.15) is 16.9 Å². The quantitative estimate of drug-likeness (QED) is 0.838. The average Bonchev–Trinajstić information content (AvgIpc) is 2.26. The molecule has 0 aliphatic heterocycles. The van der Waals surface area contributed by atoms with Crippen LogP contribution in [0.2, 0.25) is 0 Å². The fraction of sp³-hybridized carbons (Fsp3) is 0.562. The van der Waals surface area contributed by atoms with E-state index in [0.29, 0.717) is 0 Å². The lowest BCUT2D eigenvalue weighted by Crippen LogP contribution is -2.24. The largest absolute Gasteiger partial charge is 0.507 e. The maximum Gasteiger partial charge on any atom is 0.342 e. The van der Waals surface area contributed by atoms with Crippen molar-refractivity contribution in [1.82, 2.24) is 0 Å². The first-order chi connectivity index (χ1) is 8.57. The third kappa shape index (κ3) is 3.98. The van der Waals surface area contributed by atoms with Crippen LogP contribution < -0.4 is 0 Å². The predicted molar refractivity (Wildman–Crippen MR) is 76.6 cm³/mol. The molecule has 1 rings (SSSR count). The summed E-state index contributed by atoms with van der Waals surface area (Å²) in [5, 5.41) is 9.84. The van der Waals surface area contributed by atoms with Crippen LogP contribution in [-0.4, -0.2) is 16.7 Å². The molecular weight excluding hydrogens is 240 g/mol. The summed E-state index contributed by atoms with van der Waals surface area (Å²) in [5.74, 6) is -0.524. The lowest BCUT2D eigenvalue weighted by Gasteiger charge is -2.25. The number of esters is 1. The Labute approximate surface area is 115 Å². The molecule has 0 saturated carbocycles. The highest BCUT2D eigenvalue weighted by atomic mass is 16.6. The number of hydrogen-bond donors (Lipinski definition) is 1. The molecule has 0 amide bonds. The van der Waals surface area contributed by atoms with Crippen LogP contribution in [0.5, 0.6) is 5.75 Å². The Kier molecular flexibility index (Phi) is 4.28. The molecule has 3 heteroatoms. The fourth-order valence-electron chi connectivity index (χ4n) is 1.66. The molecule has 0 aromatic heterocycles. The first-order valence-corrected chi connectivity index (χ1v) is 6.63. The summed E-state index contributed by atoms with van der Waals surface area (Å²) in [6.45, 7) is 11.7. The minimum atomic E-state index is -0.570. The van der Waals surface area contributed by atoms with Crippen LogP contribution in [0.25, 0.3) is 0 Å². The van der Waals surface area contributed by atoms with E-state index in [0.717, 1.165) is 12.0 Å². The number of carbonyl (C=O) groups is 1. The van der Waals surface area contributed by atoms with Gasteiger partial charge in [-0.3, -0.25) is 0 Å². The molecule has 0 spiro atoms. The van der Waals surface area contributed by atoms with E-state index in [2.05, 4.69) is 20.8 Å².